The topological polar surface area (TPSA) is 98.0 Å². The molecule has 0 aliphatic heterocycles. The van der Waals surface area contributed by atoms with Crippen LogP contribution in [-0.2, 0) is 0 Å². The molecule has 0 atom stereocenters. The van der Waals surface area contributed by atoms with Gasteiger partial charge in [0.15, 0.2) is 5.65 Å². The van der Waals surface area contributed by atoms with Gasteiger partial charge in [0, 0.05) is 28.8 Å². The number of fused-ring (bicyclic) bond motifs is 1. The molecule has 0 spiro atoms. The molecule has 0 aliphatic carbocycles. The Hall–Kier alpha value is -4.57. The monoisotopic (exact) mass is 394 g/mol. The summed E-state index contributed by atoms with van der Waals surface area (Å²) in [6, 6.07) is 18.3. The van der Waals surface area contributed by atoms with E-state index in [1.807, 2.05) is 6.07 Å². The molecule has 1 N–H and O–H groups in total. The number of amides is 1. The van der Waals surface area contributed by atoms with Crippen molar-refractivity contribution in [3.8, 4) is 23.5 Å². The van der Waals surface area contributed by atoms with Gasteiger partial charge in [-0.1, -0.05) is 18.1 Å². The summed E-state index contributed by atoms with van der Waals surface area (Å²) in [6.07, 6.45) is 6.96. The third-order valence-corrected chi connectivity index (χ3v) is 4.52. The van der Waals surface area contributed by atoms with Crippen molar-refractivity contribution in [2.75, 3.05) is 5.32 Å². The Morgan fingerprint density at radius 1 is 1.07 bits per heavy atom. The van der Waals surface area contributed by atoms with E-state index >= 15 is 0 Å². The summed E-state index contributed by atoms with van der Waals surface area (Å²) in [6.45, 7) is 0. The van der Waals surface area contributed by atoms with Crippen LogP contribution in [0.1, 0.15) is 15.9 Å². The van der Waals surface area contributed by atoms with Crippen molar-refractivity contribution in [1.29, 1.82) is 0 Å². The summed E-state index contributed by atoms with van der Waals surface area (Å²) in [5, 5.41) is 15.1. The van der Waals surface area contributed by atoms with Crippen molar-refractivity contribution in [3.63, 3.8) is 0 Å². The number of hydrogen-bond acceptors (Lipinski definition) is 5. The Bertz CT molecular complexity index is 1320. The summed E-state index contributed by atoms with van der Waals surface area (Å²) in [5.41, 5.74) is 2.17. The zero-order valence-corrected chi connectivity index (χ0v) is 15.6. The zero-order valence-electron chi connectivity index (χ0n) is 15.6. The molecule has 7 heteroatoms. The molecule has 4 aromatic rings. The average Bonchev–Trinajstić information content (AvgIpc) is 2.78. The lowest BCUT2D eigenvalue weighted by Crippen LogP contribution is -2.13. The van der Waals surface area contributed by atoms with E-state index in [0.29, 0.717) is 28.2 Å². The predicted octanol–water partition coefficient (Wildman–Crippen LogP) is 4.44. The molecule has 0 fully saturated rings. The van der Waals surface area contributed by atoms with Gasteiger partial charge in [-0.2, -0.15) is 0 Å². The highest BCUT2D eigenvalue weighted by atomic mass is 16.6. The number of terminal acetylenes is 1. The predicted molar refractivity (Wildman–Crippen MR) is 114 cm³/mol. The second kappa shape index (κ2) is 7.81. The van der Waals surface area contributed by atoms with Crippen LogP contribution in [0.5, 0.6) is 0 Å². The molecule has 0 saturated heterocycles. The molecule has 2 heterocycles. The summed E-state index contributed by atoms with van der Waals surface area (Å²) in [7, 11) is 0. The third-order valence-electron chi connectivity index (χ3n) is 4.52. The molecule has 2 aromatic heterocycles. The largest absolute Gasteiger partial charge is 0.306 e. The second-order valence-corrected chi connectivity index (χ2v) is 6.41. The van der Waals surface area contributed by atoms with Crippen molar-refractivity contribution < 1.29 is 9.72 Å². The maximum absolute atomic E-state index is 12.6. The van der Waals surface area contributed by atoms with Crippen LogP contribution in [0.2, 0.25) is 0 Å². The van der Waals surface area contributed by atoms with E-state index in [0.717, 1.165) is 5.39 Å². The first kappa shape index (κ1) is 18.8. The van der Waals surface area contributed by atoms with Gasteiger partial charge in [0.2, 0.25) is 0 Å². The van der Waals surface area contributed by atoms with Crippen LogP contribution >= 0.6 is 0 Å². The van der Waals surface area contributed by atoms with E-state index < -0.39 is 10.8 Å². The number of rotatable bonds is 4. The number of carbonyl (C=O) groups excluding carboxylic acids is 1. The number of pyridine rings is 2. The molecule has 144 valence electrons. The fraction of sp³-hybridized carbons (Fsp3) is 0. The number of nitro groups is 1. The third kappa shape index (κ3) is 3.70. The molecule has 0 radical (unpaired) electrons. The lowest BCUT2D eigenvalue weighted by Gasteiger charge is -2.08. The molecule has 0 bridgehead atoms. The normalized spacial score (nSPS) is 10.4. The van der Waals surface area contributed by atoms with Crippen molar-refractivity contribution in [2.24, 2.45) is 0 Å². The van der Waals surface area contributed by atoms with E-state index in [4.69, 9.17) is 6.42 Å². The van der Waals surface area contributed by atoms with Gasteiger partial charge < -0.3 is 5.32 Å². The van der Waals surface area contributed by atoms with Crippen molar-refractivity contribution in [1.82, 2.24) is 9.97 Å². The van der Waals surface area contributed by atoms with Gasteiger partial charge in [-0.25, -0.2) is 9.97 Å². The van der Waals surface area contributed by atoms with Crippen LogP contribution in [0.25, 0.3) is 22.2 Å². The number of aromatic nitrogens is 2. The Morgan fingerprint density at radius 3 is 2.60 bits per heavy atom. The van der Waals surface area contributed by atoms with E-state index in [2.05, 4.69) is 21.2 Å². The zero-order chi connectivity index (χ0) is 21.1. The highest BCUT2D eigenvalue weighted by Crippen LogP contribution is 2.31. The van der Waals surface area contributed by atoms with Crippen LogP contribution in [0.15, 0.2) is 72.9 Å². The van der Waals surface area contributed by atoms with Gasteiger partial charge in [0.05, 0.1) is 10.5 Å². The van der Waals surface area contributed by atoms with E-state index in [-0.39, 0.29) is 11.3 Å². The highest BCUT2D eigenvalue weighted by Gasteiger charge is 2.19. The van der Waals surface area contributed by atoms with Crippen LogP contribution in [-0.4, -0.2) is 20.8 Å². The minimum Gasteiger partial charge on any atom is -0.306 e. The van der Waals surface area contributed by atoms with Gasteiger partial charge in [-0.15, -0.1) is 6.42 Å². The summed E-state index contributed by atoms with van der Waals surface area (Å²) >= 11 is 0. The Balaban J connectivity index is 1.64. The van der Waals surface area contributed by atoms with Gasteiger partial charge in [-0.3, -0.25) is 14.9 Å². The summed E-state index contributed by atoms with van der Waals surface area (Å²) in [4.78, 5) is 32.2. The van der Waals surface area contributed by atoms with Gasteiger partial charge >= 0.3 is 0 Å². The van der Waals surface area contributed by atoms with Crippen LogP contribution in [0.4, 0.5) is 11.5 Å². The quantitative estimate of drug-likeness (QED) is 0.313. The lowest BCUT2D eigenvalue weighted by molar-refractivity contribution is -0.384. The van der Waals surface area contributed by atoms with Crippen molar-refractivity contribution >= 4 is 28.4 Å². The summed E-state index contributed by atoms with van der Waals surface area (Å²) < 4.78 is 0. The maximum atomic E-state index is 12.6. The minimum absolute atomic E-state index is 0.147. The fourth-order valence-corrected chi connectivity index (χ4v) is 3.03. The first-order chi connectivity index (χ1) is 14.5. The molecule has 30 heavy (non-hydrogen) atoms. The number of anilines is 1. The number of benzene rings is 2. The first-order valence-corrected chi connectivity index (χ1v) is 8.94. The van der Waals surface area contributed by atoms with Crippen LogP contribution < -0.4 is 5.32 Å². The van der Waals surface area contributed by atoms with Crippen LogP contribution in [0.3, 0.4) is 0 Å². The summed E-state index contributed by atoms with van der Waals surface area (Å²) in [5.74, 6) is 2.31. The molecule has 0 saturated carbocycles. The smallest absolute Gasteiger partial charge is 0.277 e. The maximum Gasteiger partial charge on any atom is 0.277 e. The first-order valence-electron chi connectivity index (χ1n) is 8.94. The highest BCUT2D eigenvalue weighted by molar-refractivity contribution is 6.05. The number of nitro benzene ring substituents is 1. The SMILES string of the molecule is C#Cc1ccc(-c2ccc(C(=O)Nc3ccc4cccnc4n3)cc2[N+](=O)[O-])cc1. The molecule has 2 aromatic carbocycles. The molecular formula is C23H14N4O3. The number of nitrogens with one attached hydrogen (secondary N) is 1. The molecule has 0 aliphatic rings. The Labute approximate surface area is 171 Å². The molecule has 4 rings (SSSR count). The fourth-order valence-electron chi connectivity index (χ4n) is 3.03. The number of hydrogen-bond donors (Lipinski definition) is 1. The average molecular weight is 394 g/mol. The van der Waals surface area contributed by atoms with E-state index in [1.165, 1.54) is 12.1 Å². The Morgan fingerprint density at radius 2 is 1.87 bits per heavy atom. The second-order valence-electron chi connectivity index (χ2n) is 6.41. The Kier molecular flexibility index (Phi) is 4.89. The standard InChI is InChI=1S/C23H14N4O3/c1-2-15-5-7-16(8-6-15)19-11-9-18(14-20(19)27(29)30)23(28)26-21-12-10-17-4-3-13-24-22(17)25-21/h1,3-14H,(H,24,25,26,28). The van der Waals surface area contributed by atoms with E-state index in [1.54, 1.807) is 54.7 Å². The minimum atomic E-state index is -0.514. The lowest BCUT2D eigenvalue weighted by atomic mass is 10.00. The van der Waals surface area contributed by atoms with Gasteiger partial charge in [0.1, 0.15) is 5.82 Å². The molecule has 1 amide bonds. The van der Waals surface area contributed by atoms with Crippen molar-refractivity contribution in [3.05, 3.63) is 94.2 Å². The number of nitrogens with zero attached hydrogens (tertiary/aromatic N) is 3. The molecule has 0 unspecified atom stereocenters. The molecular weight excluding hydrogens is 380 g/mol. The van der Waals surface area contributed by atoms with E-state index in [9.17, 15) is 14.9 Å². The number of carbonyl (C=O) groups is 1. The van der Waals surface area contributed by atoms with Crippen molar-refractivity contribution in [2.45, 2.75) is 0 Å². The van der Waals surface area contributed by atoms with Crippen LogP contribution in [0, 0.1) is 22.5 Å². The molecule has 7 nitrogen and oxygen atoms in total. The van der Waals surface area contributed by atoms with Gasteiger partial charge in [-0.05, 0) is 54.1 Å². The van der Waals surface area contributed by atoms with Gasteiger partial charge in [0.25, 0.3) is 11.6 Å².